The highest BCUT2D eigenvalue weighted by molar-refractivity contribution is 5.74. The number of aliphatic hydroxyl groups excluding tert-OH is 1. The molecule has 0 aliphatic heterocycles. The number of nitrogens with one attached hydrogen (secondary N) is 2. The molecule has 2 aromatic rings. The Morgan fingerprint density at radius 2 is 2.00 bits per heavy atom. The first-order valence-electron chi connectivity index (χ1n) is 8.57. The number of aliphatic hydroxyl groups is 1. The van der Waals surface area contributed by atoms with Crippen LogP contribution in [0, 0.1) is 11.7 Å². The van der Waals surface area contributed by atoms with E-state index in [1.54, 1.807) is 24.3 Å². The summed E-state index contributed by atoms with van der Waals surface area (Å²) in [6, 6.07) is 9.02. The number of amides is 2. The Morgan fingerprint density at radius 1 is 1.28 bits per heavy atom. The largest absolute Gasteiger partial charge is 0.467 e. The van der Waals surface area contributed by atoms with Gasteiger partial charge >= 0.3 is 6.03 Å². The highest BCUT2D eigenvalue weighted by atomic mass is 19.1. The van der Waals surface area contributed by atoms with Crippen molar-refractivity contribution < 1.29 is 18.7 Å². The minimum Gasteiger partial charge on any atom is -0.467 e. The lowest BCUT2D eigenvalue weighted by Crippen LogP contribution is -2.43. The maximum Gasteiger partial charge on any atom is 0.315 e. The van der Waals surface area contributed by atoms with Gasteiger partial charge in [-0.05, 0) is 55.5 Å². The second kappa shape index (κ2) is 7.70. The van der Waals surface area contributed by atoms with E-state index in [1.807, 2.05) is 6.92 Å². The number of carbonyl (C=O) groups is 1. The van der Waals surface area contributed by atoms with Gasteiger partial charge in [0.1, 0.15) is 17.7 Å². The number of rotatable bonds is 7. The Morgan fingerprint density at radius 3 is 2.60 bits per heavy atom. The molecule has 1 aliphatic rings. The highest BCUT2D eigenvalue weighted by Crippen LogP contribution is 2.41. The maximum atomic E-state index is 13.1. The maximum absolute atomic E-state index is 13.1. The van der Waals surface area contributed by atoms with E-state index in [1.165, 1.54) is 18.4 Å². The lowest BCUT2D eigenvalue weighted by molar-refractivity contribution is 0.129. The minimum atomic E-state index is -0.762. The summed E-state index contributed by atoms with van der Waals surface area (Å²) in [7, 11) is 0. The lowest BCUT2D eigenvalue weighted by Gasteiger charge is -2.22. The summed E-state index contributed by atoms with van der Waals surface area (Å²) in [4.78, 5) is 12.3. The minimum absolute atomic E-state index is 0.122. The van der Waals surface area contributed by atoms with Gasteiger partial charge in [0, 0.05) is 12.5 Å². The van der Waals surface area contributed by atoms with E-state index in [4.69, 9.17) is 4.42 Å². The molecule has 5 nitrogen and oxygen atoms in total. The molecule has 1 aromatic heterocycles. The molecular formula is C19H23FN2O3. The molecule has 6 heteroatoms. The van der Waals surface area contributed by atoms with Crippen LogP contribution in [0.25, 0.3) is 0 Å². The normalized spacial score (nSPS) is 17.6. The molecule has 3 atom stereocenters. The summed E-state index contributed by atoms with van der Waals surface area (Å²) in [6.45, 7) is 1.83. The van der Waals surface area contributed by atoms with Gasteiger partial charge in [-0.3, -0.25) is 0 Å². The quantitative estimate of drug-likeness (QED) is 0.716. The number of halogens is 1. The standard InChI is InChI=1S/C19H23FN2O3/c1-12(11-16(23)17-3-2-10-25-17)21-19(24)22-18(13-4-5-13)14-6-8-15(20)9-7-14/h2-3,6-10,12-13,16,18,23H,4-5,11H2,1H3,(H2,21,22,24)/t12-,16+,18+/m1/s1. The number of urea groups is 1. The zero-order valence-corrected chi connectivity index (χ0v) is 14.1. The molecule has 1 aliphatic carbocycles. The molecule has 1 fully saturated rings. The van der Waals surface area contributed by atoms with Crippen LogP contribution in [0.3, 0.4) is 0 Å². The van der Waals surface area contributed by atoms with E-state index >= 15 is 0 Å². The summed E-state index contributed by atoms with van der Waals surface area (Å²) < 4.78 is 18.3. The molecule has 134 valence electrons. The van der Waals surface area contributed by atoms with Gasteiger partial charge in [0.2, 0.25) is 0 Å². The smallest absolute Gasteiger partial charge is 0.315 e. The molecule has 1 saturated carbocycles. The van der Waals surface area contributed by atoms with Crippen molar-refractivity contribution in [2.45, 2.75) is 44.4 Å². The molecule has 1 heterocycles. The lowest BCUT2D eigenvalue weighted by atomic mass is 10.0. The SMILES string of the molecule is C[C@H](C[C@H](O)c1ccco1)NC(=O)N[C@H](c1ccc(F)cc1)C1CC1. The molecular weight excluding hydrogens is 323 g/mol. The third kappa shape index (κ3) is 4.82. The highest BCUT2D eigenvalue weighted by Gasteiger charge is 2.33. The van der Waals surface area contributed by atoms with Crippen molar-refractivity contribution in [2.75, 3.05) is 0 Å². The van der Waals surface area contributed by atoms with Crippen LogP contribution in [0.2, 0.25) is 0 Å². The Bertz CT molecular complexity index is 683. The fraction of sp³-hybridized carbons (Fsp3) is 0.421. The van der Waals surface area contributed by atoms with E-state index in [0.29, 0.717) is 18.1 Å². The average Bonchev–Trinajstić information content (AvgIpc) is 3.26. The Labute approximate surface area is 146 Å². The van der Waals surface area contributed by atoms with Crippen LogP contribution in [-0.4, -0.2) is 17.2 Å². The Kier molecular flexibility index (Phi) is 5.38. The van der Waals surface area contributed by atoms with Gasteiger partial charge in [0.05, 0.1) is 12.3 Å². The van der Waals surface area contributed by atoms with Crippen molar-refractivity contribution in [2.24, 2.45) is 5.92 Å². The number of hydrogen-bond donors (Lipinski definition) is 3. The molecule has 3 rings (SSSR count). The van der Waals surface area contributed by atoms with Gasteiger partial charge in [-0.1, -0.05) is 12.1 Å². The fourth-order valence-corrected chi connectivity index (χ4v) is 2.97. The van der Waals surface area contributed by atoms with Crippen LogP contribution in [0.1, 0.15) is 49.7 Å². The van der Waals surface area contributed by atoms with E-state index < -0.39 is 6.10 Å². The van der Waals surface area contributed by atoms with E-state index in [9.17, 15) is 14.3 Å². The van der Waals surface area contributed by atoms with Gasteiger partial charge in [-0.25, -0.2) is 9.18 Å². The third-order valence-corrected chi connectivity index (χ3v) is 4.44. The topological polar surface area (TPSA) is 74.5 Å². The first kappa shape index (κ1) is 17.5. The van der Waals surface area contributed by atoms with Crippen molar-refractivity contribution in [3.63, 3.8) is 0 Å². The predicted octanol–water partition coefficient (Wildman–Crippen LogP) is 3.68. The molecule has 1 aromatic carbocycles. The number of carbonyl (C=O) groups excluding carboxylic acids is 1. The first-order chi connectivity index (χ1) is 12.0. The van der Waals surface area contributed by atoms with Crippen LogP contribution in [0.4, 0.5) is 9.18 Å². The van der Waals surface area contributed by atoms with Crippen molar-refractivity contribution in [3.05, 3.63) is 59.8 Å². The van der Waals surface area contributed by atoms with Gasteiger partial charge in [0.15, 0.2) is 0 Å². The average molecular weight is 346 g/mol. The summed E-state index contributed by atoms with van der Waals surface area (Å²) in [5, 5.41) is 15.9. The number of benzene rings is 1. The summed E-state index contributed by atoms with van der Waals surface area (Å²) in [6.07, 6.45) is 3.20. The van der Waals surface area contributed by atoms with Gasteiger partial charge in [0.25, 0.3) is 0 Å². The van der Waals surface area contributed by atoms with Crippen LogP contribution >= 0.6 is 0 Å². The van der Waals surface area contributed by atoms with Gasteiger partial charge < -0.3 is 20.2 Å². The Hall–Kier alpha value is -2.34. The van der Waals surface area contributed by atoms with Crippen molar-refractivity contribution in [1.82, 2.24) is 10.6 Å². The second-order valence-corrected chi connectivity index (χ2v) is 6.65. The van der Waals surface area contributed by atoms with Gasteiger partial charge in [-0.15, -0.1) is 0 Å². The zero-order valence-electron chi connectivity index (χ0n) is 14.1. The van der Waals surface area contributed by atoms with E-state index in [-0.39, 0.29) is 23.9 Å². The number of furan rings is 1. The predicted molar refractivity (Wildman–Crippen MR) is 91.3 cm³/mol. The van der Waals surface area contributed by atoms with Crippen LogP contribution in [0.5, 0.6) is 0 Å². The molecule has 0 spiro atoms. The van der Waals surface area contributed by atoms with Crippen molar-refractivity contribution in [3.8, 4) is 0 Å². The second-order valence-electron chi connectivity index (χ2n) is 6.65. The zero-order chi connectivity index (χ0) is 17.8. The summed E-state index contributed by atoms with van der Waals surface area (Å²) in [5.41, 5.74) is 0.905. The first-order valence-corrected chi connectivity index (χ1v) is 8.57. The molecule has 2 amide bonds. The molecule has 0 unspecified atom stereocenters. The monoisotopic (exact) mass is 346 g/mol. The molecule has 0 saturated heterocycles. The molecule has 25 heavy (non-hydrogen) atoms. The van der Waals surface area contributed by atoms with E-state index in [2.05, 4.69) is 10.6 Å². The number of hydrogen-bond acceptors (Lipinski definition) is 3. The van der Waals surface area contributed by atoms with Crippen LogP contribution in [0.15, 0.2) is 47.1 Å². The summed E-state index contributed by atoms with van der Waals surface area (Å²) >= 11 is 0. The van der Waals surface area contributed by atoms with E-state index in [0.717, 1.165) is 18.4 Å². The molecule has 0 radical (unpaired) electrons. The molecule has 0 bridgehead atoms. The third-order valence-electron chi connectivity index (χ3n) is 4.44. The van der Waals surface area contributed by atoms with Crippen molar-refractivity contribution in [1.29, 1.82) is 0 Å². The fourth-order valence-electron chi connectivity index (χ4n) is 2.97. The summed E-state index contributed by atoms with van der Waals surface area (Å²) in [5.74, 6) is 0.583. The molecule has 3 N–H and O–H groups in total. The van der Waals surface area contributed by atoms with Crippen LogP contribution in [-0.2, 0) is 0 Å². The van der Waals surface area contributed by atoms with Crippen LogP contribution < -0.4 is 10.6 Å². The Balaban J connectivity index is 1.54. The van der Waals surface area contributed by atoms with Crippen molar-refractivity contribution >= 4 is 6.03 Å². The van der Waals surface area contributed by atoms with Gasteiger partial charge in [-0.2, -0.15) is 0 Å².